The lowest BCUT2D eigenvalue weighted by atomic mass is 9.33. The van der Waals surface area contributed by atoms with Gasteiger partial charge in [0.15, 0.2) is 0 Å². The number of fused-ring (bicyclic) bond motifs is 3. The van der Waals surface area contributed by atoms with Gasteiger partial charge in [0.2, 0.25) is 6.71 Å². The second-order valence-corrected chi connectivity index (χ2v) is 12.5. The standard InChI is InChI=1S/C42H37B/c1-26-20-28(3)41(29(4)21-26)43(42-30(5)22-27(2)23-31(42)6)40-19-18-37(35-15-9-10-16-38(35)40)36-17-11-14-34-24-32-12-7-8-13-33(32)25-39(34)36/h7-25H,1-6H3. The van der Waals surface area contributed by atoms with Gasteiger partial charge in [0.25, 0.3) is 0 Å². The summed E-state index contributed by atoms with van der Waals surface area (Å²) in [6.45, 7) is 13.7. The monoisotopic (exact) mass is 552 g/mol. The van der Waals surface area contributed by atoms with Gasteiger partial charge < -0.3 is 0 Å². The van der Waals surface area contributed by atoms with E-state index >= 15 is 0 Å². The van der Waals surface area contributed by atoms with Gasteiger partial charge in [0.1, 0.15) is 0 Å². The zero-order valence-corrected chi connectivity index (χ0v) is 26.0. The third kappa shape index (κ3) is 4.65. The zero-order chi connectivity index (χ0) is 29.8. The van der Waals surface area contributed by atoms with Gasteiger partial charge in [-0.25, -0.2) is 0 Å². The molecule has 0 atom stereocenters. The maximum absolute atomic E-state index is 2.42. The summed E-state index contributed by atoms with van der Waals surface area (Å²) in [7, 11) is 0. The van der Waals surface area contributed by atoms with Crippen LogP contribution in [0.5, 0.6) is 0 Å². The van der Waals surface area contributed by atoms with Crippen molar-refractivity contribution in [2.75, 3.05) is 0 Å². The van der Waals surface area contributed by atoms with Crippen molar-refractivity contribution in [2.24, 2.45) is 0 Å². The molecular weight excluding hydrogens is 515 g/mol. The van der Waals surface area contributed by atoms with Crippen molar-refractivity contribution in [1.82, 2.24) is 0 Å². The Balaban J connectivity index is 1.54. The van der Waals surface area contributed by atoms with Crippen molar-refractivity contribution in [2.45, 2.75) is 41.5 Å². The van der Waals surface area contributed by atoms with Crippen LogP contribution in [0.25, 0.3) is 43.4 Å². The Morgan fingerprint density at radius 1 is 0.372 bits per heavy atom. The maximum Gasteiger partial charge on any atom is 0.243 e. The fraction of sp³-hybridized carbons (Fsp3) is 0.143. The highest BCUT2D eigenvalue weighted by Gasteiger charge is 2.30. The topological polar surface area (TPSA) is 0 Å². The summed E-state index contributed by atoms with van der Waals surface area (Å²) in [5.41, 5.74) is 14.9. The van der Waals surface area contributed by atoms with E-state index in [1.54, 1.807) is 0 Å². The molecule has 1 heteroatoms. The highest BCUT2D eigenvalue weighted by molar-refractivity contribution is 6.98. The van der Waals surface area contributed by atoms with E-state index in [9.17, 15) is 0 Å². The van der Waals surface area contributed by atoms with Crippen molar-refractivity contribution in [3.8, 4) is 11.1 Å². The number of aryl methyl sites for hydroxylation is 6. The van der Waals surface area contributed by atoms with Gasteiger partial charge in [-0.15, -0.1) is 0 Å². The molecular formula is C42H37B. The van der Waals surface area contributed by atoms with Crippen molar-refractivity contribution >= 4 is 55.4 Å². The van der Waals surface area contributed by atoms with Gasteiger partial charge in [-0.3, -0.25) is 0 Å². The first-order valence-electron chi connectivity index (χ1n) is 15.4. The molecule has 0 amide bonds. The van der Waals surface area contributed by atoms with Crippen molar-refractivity contribution in [3.63, 3.8) is 0 Å². The normalized spacial score (nSPS) is 11.5. The summed E-state index contributed by atoms with van der Waals surface area (Å²) in [6, 6.07) is 43.3. The molecule has 43 heavy (non-hydrogen) atoms. The molecule has 0 aliphatic heterocycles. The van der Waals surface area contributed by atoms with Crippen LogP contribution >= 0.6 is 0 Å². The molecule has 0 unspecified atom stereocenters. The van der Waals surface area contributed by atoms with Gasteiger partial charge >= 0.3 is 0 Å². The molecule has 208 valence electrons. The Morgan fingerprint density at radius 2 is 0.860 bits per heavy atom. The smallest absolute Gasteiger partial charge is 0.0657 e. The number of benzene rings is 7. The van der Waals surface area contributed by atoms with Crippen LogP contribution in [0.3, 0.4) is 0 Å². The fourth-order valence-electron chi connectivity index (χ4n) is 7.76. The Hall–Kier alpha value is -4.62. The first kappa shape index (κ1) is 27.2. The van der Waals surface area contributed by atoms with E-state index < -0.39 is 0 Å². The summed E-state index contributed by atoms with van der Waals surface area (Å²) in [6.07, 6.45) is 0. The molecule has 0 heterocycles. The van der Waals surface area contributed by atoms with Crippen molar-refractivity contribution in [3.05, 3.63) is 149 Å². The van der Waals surface area contributed by atoms with E-state index in [2.05, 4.69) is 157 Å². The third-order valence-corrected chi connectivity index (χ3v) is 9.36. The minimum absolute atomic E-state index is 0.136. The second kappa shape index (κ2) is 10.6. The Bertz CT molecular complexity index is 2100. The summed E-state index contributed by atoms with van der Waals surface area (Å²) >= 11 is 0. The van der Waals surface area contributed by atoms with Crippen LogP contribution in [0, 0.1) is 41.5 Å². The lowest BCUT2D eigenvalue weighted by molar-refractivity contribution is 1.34. The highest BCUT2D eigenvalue weighted by atomic mass is 14.2. The number of hydrogen-bond acceptors (Lipinski definition) is 0. The van der Waals surface area contributed by atoms with Crippen LogP contribution in [0.2, 0.25) is 0 Å². The molecule has 7 aromatic rings. The molecule has 0 N–H and O–H groups in total. The third-order valence-electron chi connectivity index (χ3n) is 9.36. The van der Waals surface area contributed by atoms with Gasteiger partial charge in [-0.05, 0) is 97.1 Å². The summed E-state index contributed by atoms with van der Waals surface area (Å²) < 4.78 is 0. The van der Waals surface area contributed by atoms with E-state index in [4.69, 9.17) is 0 Å². The molecule has 0 fully saturated rings. The average Bonchev–Trinajstić information content (AvgIpc) is 2.97. The van der Waals surface area contributed by atoms with E-state index in [1.807, 2.05) is 0 Å². The van der Waals surface area contributed by atoms with E-state index in [0.717, 1.165) is 0 Å². The lowest BCUT2D eigenvalue weighted by Crippen LogP contribution is -2.56. The fourth-order valence-corrected chi connectivity index (χ4v) is 7.76. The Kier molecular flexibility index (Phi) is 6.70. The predicted molar refractivity (Wildman–Crippen MR) is 190 cm³/mol. The minimum Gasteiger partial charge on any atom is -0.0657 e. The quantitative estimate of drug-likeness (QED) is 0.151. The molecule has 0 nitrogen and oxygen atoms in total. The SMILES string of the molecule is Cc1cc(C)c(B(c2c(C)cc(C)cc2C)c2ccc(-c3cccc4cc5ccccc5cc34)c3ccccc23)c(C)c1. The predicted octanol–water partition coefficient (Wildman–Crippen LogP) is 9.18. The summed E-state index contributed by atoms with van der Waals surface area (Å²) in [4.78, 5) is 0. The second-order valence-electron chi connectivity index (χ2n) is 12.5. The molecule has 0 bridgehead atoms. The van der Waals surface area contributed by atoms with Crippen LogP contribution in [0.4, 0.5) is 0 Å². The van der Waals surface area contributed by atoms with Crippen LogP contribution in [-0.2, 0) is 0 Å². The van der Waals surface area contributed by atoms with Crippen LogP contribution < -0.4 is 16.4 Å². The summed E-state index contributed by atoms with van der Waals surface area (Å²) in [5, 5.41) is 7.75. The highest BCUT2D eigenvalue weighted by Crippen LogP contribution is 2.35. The van der Waals surface area contributed by atoms with Crippen molar-refractivity contribution in [1.29, 1.82) is 0 Å². The average molecular weight is 553 g/mol. The Labute approximate surface area is 256 Å². The zero-order valence-electron chi connectivity index (χ0n) is 26.0. The van der Waals surface area contributed by atoms with Crippen molar-refractivity contribution < 1.29 is 0 Å². The molecule has 7 rings (SSSR count). The molecule has 0 spiro atoms. The van der Waals surface area contributed by atoms with E-state index in [1.165, 1.54) is 93.2 Å². The molecule has 0 aromatic heterocycles. The molecule has 7 aromatic carbocycles. The van der Waals surface area contributed by atoms with Crippen LogP contribution in [0.1, 0.15) is 33.4 Å². The molecule has 0 saturated carbocycles. The molecule has 0 saturated heterocycles. The minimum atomic E-state index is 0.136. The van der Waals surface area contributed by atoms with Crippen LogP contribution in [-0.4, -0.2) is 6.71 Å². The van der Waals surface area contributed by atoms with E-state index in [-0.39, 0.29) is 6.71 Å². The number of hydrogen-bond donors (Lipinski definition) is 0. The first-order valence-corrected chi connectivity index (χ1v) is 15.4. The lowest BCUT2D eigenvalue weighted by Gasteiger charge is -2.26. The first-order chi connectivity index (χ1) is 20.8. The largest absolute Gasteiger partial charge is 0.243 e. The molecule has 0 aliphatic carbocycles. The van der Waals surface area contributed by atoms with Gasteiger partial charge in [0, 0.05) is 0 Å². The van der Waals surface area contributed by atoms with E-state index in [0.29, 0.717) is 0 Å². The van der Waals surface area contributed by atoms with Gasteiger partial charge in [-0.1, -0.05) is 153 Å². The maximum atomic E-state index is 2.42. The van der Waals surface area contributed by atoms with Gasteiger partial charge in [0.05, 0.1) is 0 Å². The molecule has 0 aliphatic rings. The number of rotatable bonds is 4. The molecule has 0 radical (unpaired) electrons. The van der Waals surface area contributed by atoms with Gasteiger partial charge in [-0.2, -0.15) is 0 Å². The Morgan fingerprint density at radius 3 is 1.47 bits per heavy atom. The van der Waals surface area contributed by atoms with Crippen LogP contribution in [0.15, 0.2) is 115 Å². The summed E-state index contributed by atoms with van der Waals surface area (Å²) in [5.74, 6) is 0.